The second-order valence-electron chi connectivity index (χ2n) is 10.5. The maximum atomic E-state index is 12.8. The molecule has 31 heavy (non-hydrogen) atoms. The molecule has 2 saturated heterocycles. The predicted molar refractivity (Wildman–Crippen MR) is 117 cm³/mol. The number of carbonyl (C=O) groups excluding carboxylic acids is 1. The summed E-state index contributed by atoms with van der Waals surface area (Å²) in [6.07, 6.45) is 7.60. The highest BCUT2D eigenvalue weighted by molar-refractivity contribution is 5.84. The SMILES string of the molecule is CC1CCCC2(C)CC3OC(=O)C(CNCCc4c[nH]c5ccc(O)cc45)C3C3OC132. The largest absolute Gasteiger partial charge is 0.508 e. The van der Waals surface area contributed by atoms with Crippen molar-refractivity contribution in [3.8, 4) is 5.75 Å². The Hall–Kier alpha value is -2.05. The van der Waals surface area contributed by atoms with Gasteiger partial charge in [0, 0.05) is 35.0 Å². The summed E-state index contributed by atoms with van der Waals surface area (Å²) in [5.41, 5.74) is 2.29. The number of phenols is 1. The Morgan fingerprint density at radius 3 is 3.10 bits per heavy atom. The molecular weight excluding hydrogens is 392 g/mol. The minimum Gasteiger partial charge on any atom is -0.508 e. The van der Waals surface area contributed by atoms with Gasteiger partial charge in [-0.2, -0.15) is 0 Å². The zero-order valence-electron chi connectivity index (χ0n) is 18.3. The first-order valence-corrected chi connectivity index (χ1v) is 11.8. The number of hydrogen-bond acceptors (Lipinski definition) is 5. The molecule has 2 aromatic rings. The van der Waals surface area contributed by atoms with Gasteiger partial charge in [-0.15, -0.1) is 0 Å². The van der Waals surface area contributed by atoms with Gasteiger partial charge < -0.3 is 24.9 Å². The molecule has 3 heterocycles. The van der Waals surface area contributed by atoms with Crippen molar-refractivity contribution in [2.75, 3.05) is 13.1 Å². The Bertz CT molecular complexity index is 1030. The van der Waals surface area contributed by atoms with Crippen LogP contribution in [-0.2, 0) is 20.7 Å². The third kappa shape index (κ3) is 2.74. The van der Waals surface area contributed by atoms with E-state index in [9.17, 15) is 9.90 Å². The monoisotopic (exact) mass is 424 g/mol. The normalized spacial score (nSPS) is 40.8. The van der Waals surface area contributed by atoms with E-state index in [2.05, 4.69) is 24.1 Å². The van der Waals surface area contributed by atoms with E-state index < -0.39 is 0 Å². The summed E-state index contributed by atoms with van der Waals surface area (Å²) in [6, 6.07) is 5.39. The number of carbonyl (C=O) groups is 1. The van der Waals surface area contributed by atoms with Crippen LogP contribution in [0.25, 0.3) is 10.9 Å². The second-order valence-corrected chi connectivity index (χ2v) is 10.5. The summed E-state index contributed by atoms with van der Waals surface area (Å²) in [4.78, 5) is 16.0. The maximum Gasteiger partial charge on any atom is 0.311 e. The summed E-state index contributed by atoms with van der Waals surface area (Å²) in [5.74, 6) is 0.833. The Morgan fingerprint density at radius 1 is 1.35 bits per heavy atom. The Morgan fingerprint density at radius 2 is 2.23 bits per heavy atom. The third-order valence-corrected chi connectivity index (χ3v) is 8.88. The lowest BCUT2D eigenvalue weighted by Gasteiger charge is -2.48. The number of epoxide rings is 1. The lowest BCUT2D eigenvalue weighted by atomic mass is 9.53. The van der Waals surface area contributed by atoms with Crippen LogP contribution in [-0.4, -0.2) is 47.0 Å². The number of nitrogens with one attached hydrogen (secondary N) is 2. The van der Waals surface area contributed by atoms with Crippen LogP contribution < -0.4 is 5.32 Å². The predicted octanol–water partition coefficient (Wildman–Crippen LogP) is 3.53. The fourth-order valence-corrected chi connectivity index (χ4v) is 7.32. The number of hydrogen-bond donors (Lipinski definition) is 3. The molecule has 166 valence electrons. The fourth-order valence-electron chi connectivity index (χ4n) is 7.32. The highest BCUT2D eigenvalue weighted by Gasteiger charge is 2.78. The molecule has 7 atom stereocenters. The van der Waals surface area contributed by atoms with Gasteiger partial charge in [-0.1, -0.05) is 20.3 Å². The van der Waals surface area contributed by atoms with Gasteiger partial charge in [0.15, 0.2) is 0 Å². The van der Waals surface area contributed by atoms with Gasteiger partial charge in [-0.3, -0.25) is 4.79 Å². The number of aromatic amines is 1. The number of aromatic hydroxyl groups is 1. The van der Waals surface area contributed by atoms with Crippen molar-refractivity contribution in [3.63, 3.8) is 0 Å². The maximum absolute atomic E-state index is 12.8. The van der Waals surface area contributed by atoms with Crippen molar-refractivity contribution in [1.82, 2.24) is 10.3 Å². The highest BCUT2D eigenvalue weighted by Crippen LogP contribution is 2.70. The average Bonchev–Trinajstić information content (AvgIpc) is 3.26. The molecule has 4 fully saturated rings. The number of esters is 1. The molecule has 1 aromatic carbocycles. The quantitative estimate of drug-likeness (QED) is 0.388. The molecule has 2 aliphatic heterocycles. The molecule has 0 bridgehead atoms. The molecule has 7 unspecified atom stereocenters. The Labute approximate surface area is 182 Å². The van der Waals surface area contributed by atoms with Crippen molar-refractivity contribution in [3.05, 3.63) is 30.0 Å². The summed E-state index contributed by atoms with van der Waals surface area (Å²) >= 11 is 0. The Balaban J connectivity index is 1.12. The van der Waals surface area contributed by atoms with Crippen LogP contribution in [0.2, 0.25) is 0 Å². The highest BCUT2D eigenvalue weighted by atomic mass is 16.6. The van der Waals surface area contributed by atoms with Crippen LogP contribution in [0.1, 0.15) is 45.1 Å². The van der Waals surface area contributed by atoms with Crippen LogP contribution in [0.4, 0.5) is 0 Å². The summed E-state index contributed by atoms with van der Waals surface area (Å²) < 4.78 is 12.4. The molecule has 6 rings (SSSR count). The summed E-state index contributed by atoms with van der Waals surface area (Å²) in [5, 5.41) is 14.3. The van der Waals surface area contributed by atoms with Crippen molar-refractivity contribution < 1.29 is 19.4 Å². The molecule has 4 aliphatic rings. The van der Waals surface area contributed by atoms with Crippen molar-refractivity contribution in [2.45, 2.75) is 63.8 Å². The van der Waals surface area contributed by atoms with Crippen LogP contribution in [0.15, 0.2) is 24.4 Å². The number of H-pyrrole nitrogens is 1. The molecule has 2 saturated carbocycles. The van der Waals surface area contributed by atoms with Crippen LogP contribution >= 0.6 is 0 Å². The van der Waals surface area contributed by atoms with Gasteiger partial charge in [0.05, 0.1) is 12.0 Å². The standard InChI is InChI=1S/C25H32N2O4/c1-14-4-3-8-24(2)11-20-21(22-25(14,24)31-22)18(23(29)30-20)13-26-9-7-15-12-27-19-6-5-16(28)10-17(15)19/h5-6,10,12,14,18,20-22,26-28H,3-4,7-9,11,13H2,1-2H3. The van der Waals surface area contributed by atoms with Crippen molar-refractivity contribution in [1.29, 1.82) is 0 Å². The molecule has 0 radical (unpaired) electrons. The molecule has 3 N–H and O–H groups in total. The average molecular weight is 425 g/mol. The zero-order chi connectivity index (χ0) is 21.4. The van der Waals surface area contributed by atoms with Crippen molar-refractivity contribution >= 4 is 16.9 Å². The van der Waals surface area contributed by atoms with Gasteiger partial charge in [0.25, 0.3) is 0 Å². The molecule has 1 aromatic heterocycles. The minimum absolute atomic E-state index is 0.00631. The van der Waals surface area contributed by atoms with Crippen LogP contribution in [0, 0.1) is 23.2 Å². The topological polar surface area (TPSA) is 86.9 Å². The first-order valence-electron chi connectivity index (χ1n) is 11.8. The number of fused-ring (bicyclic) bond motifs is 3. The summed E-state index contributed by atoms with van der Waals surface area (Å²) in [6.45, 7) is 6.10. The third-order valence-electron chi connectivity index (χ3n) is 8.88. The number of benzene rings is 1. The fraction of sp³-hybridized carbons (Fsp3) is 0.640. The van der Waals surface area contributed by atoms with Gasteiger partial charge in [-0.25, -0.2) is 0 Å². The van der Waals surface area contributed by atoms with Gasteiger partial charge in [0.2, 0.25) is 0 Å². The molecule has 6 nitrogen and oxygen atoms in total. The summed E-state index contributed by atoms with van der Waals surface area (Å²) in [7, 11) is 0. The molecule has 1 spiro atoms. The Kier molecular flexibility index (Phi) is 4.26. The van der Waals surface area contributed by atoms with Crippen LogP contribution in [0.5, 0.6) is 5.75 Å². The van der Waals surface area contributed by atoms with Gasteiger partial charge >= 0.3 is 5.97 Å². The van der Waals surface area contributed by atoms with E-state index in [1.54, 1.807) is 12.1 Å². The molecule has 0 amide bonds. The number of aromatic nitrogens is 1. The van der Waals surface area contributed by atoms with Crippen LogP contribution in [0.3, 0.4) is 0 Å². The second kappa shape index (κ2) is 6.72. The van der Waals surface area contributed by atoms with Gasteiger partial charge in [-0.05, 0) is 61.9 Å². The smallest absolute Gasteiger partial charge is 0.311 e. The van der Waals surface area contributed by atoms with E-state index in [0.717, 1.165) is 30.3 Å². The van der Waals surface area contributed by atoms with E-state index in [4.69, 9.17) is 9.47 Å². The minimum atomic E-state index is -0.125. The van der Waals surface area contributed by atoms with E-state index in [-0.39, 0.29) is 46.8 Å². The zero-order valence-corrected chi connectivity index (χ0v) is 18.3. The first kappa shape index (κ1) is 19.6. The molecule has 6 heteroatoms. The van der Waals surface area contributed by atoms with E-state index in [0.29, 0.717) is 12.5 Å². The molecule has 2 aliphatic carbocycles. The van der Waals surface area contributed by atoms with E-state index in [1.165, 1.54) is 24.8 Å². The lowest BCUT2D eigenvalue weighted by molar-refractivity contribution is -0.146. The van der Waals surface area contributed by atoms with Gasteiger partial charge in [0.1, 0.15) is 17.5 Å². The van der Waals surface area contributed by atoms with Crippen molar-refractivity contribution in [2.24, 2.45) is 23.2 Å². The number of ether oxygens (including phenoxy) is 2. The van der Waals surface area contributed by atoms with E-state index in [1.807, 2.05) is 12.3 Å². The molecular formula is C25H32N2O4. The number of rotatable bonds is 5. The van der Waals surface area contributed by atoms with E-state index >= 15 is 0 Å². The first-order chi connectivity index (χ1) is 14.9. The lowest BCUT2D eigenvalue weighted by Crippen LogP contribution is -2.54. The number of phenolic OH excluding ortho intramolecular Hbond substituents is 1.